The summed E-state index contributed by atoms with van der Waals surface area (Å²) in [6.45, 7) is 2.75. The molecule has 23 heavy (non-hydrogen) atoms. The minimum absolute atomic E-state index is 0.0512. The van der Waals surface area contributed by atoms with Crippen molar-refractivity contribution in [3.8, 4) is 0 Å². The van der Waals surface area contributed by atoms with Gasteiger partial charge in [0.15, 0.2) is 0 Å². The Kier molecular flexibility index (Phi) is 4.65. The smallest absolute Gasteiger partial charge is 0.377 e. The van der Waals surface area contributed by atoms with Crippen molar-refractivity contribution < 1.29 is 32.7 Å². The molecule has 0 atom stereocenters. The van der Waals surface area contributed by atoms with Crippen molar-refractivity contribution in [1.82, 2.24) is 5.06 Å². The number of cyclic esters (lactones) is 1. The van der Waals surface area contributed by atoms with Gasteiger partial charge in [-0.2, -0.15) is 0 Å². The van der Waals surface area contributed by atoms with Gasteiger partial charge < -0.3 is 9.47 Å². The van der Waals surface area contributed by atoms with Crippen LogP contribution in [0.5, 0.6) is 0 Å². The van der Waals surface area contributed by atoms with Crippen molar-refractivity contribution in [3.05, 3.63) is 47.2 Å². The Labute approximate surface area is 131 Å². The number of rotatable bonds is 4. The van der Waals surface area contributed by atoms with Crippen molar-refractivity contribution >= 4 is 11.9 Å². The molecule has 124 valence electrons. The highest BCUT2D eigenvalue weighted by molar-refractivity contribution is 5.97. The van der Waals surface area contributed by atoms with E-state index in [0.29, 0.717) is 6.07 Å². The molecule has 1 aliphatic heterocycles. The number of ether oxygens (including phenoxy) is 2. The maximum Gasteiger partial charge on any atom is 0.377 e. The van der Waals surface area contributed by atoms with Gasteiger partial charge in [0.2, 0.25) is 11.5 Å². The first-order valence-corrected chi connectivity index (χ1v) is 6.65. The summed E-state index contributed by atoms with van der Waals surface area (Å²) in [6, 6.07) is 2.96. The highest BCUT2D eigenvalue weighted by Gasteiger charge is 2.38. The minimum atomic E-state index is -1.16. The van der Waals surface area contributed by atoms with Gasteiger partial charge in [0.05, 0.1) is 19.7 Å². The summed E-state index contributed by atoms with van der Waals surface area (Å²) in [6.07, 6.45) is 0.891. The van der Waals surface area contributed by atoms with Crippen LogP contribution >= 0.6 is 0 Å². The highest BCUT2D eigenvalue weighted by Crippen LogP contribution is 2.26. The minimum Gasteiger partial charge on any atom is -0.445 e. The lowest BCUT2D eigenvalue weighted by atomic mass is 10.2. The number of carbonyl (C=O) groups is 2. The fraction of sp³-hybridized carbons (Fsp3) is 0.333. The molecule has 0 bridgehead atoms. The summed E-state index contributed by atoms with van der Waals surface area (Å²) >= 11 is 0. The largest absolute Gasteiger partial charge is 0.445 e. The lowest BCUT2D eigenvalue weighted by Crippen LogP contribution is -2.29. The van der Waals surface area contributed by atoms with Gasteiger partial charge in [-0.25, -0.2) is 18.6 Å². The van der Waals surface area contributed by atoms with Crippen LogP contribution in [-0.2, 0) is 30.4 Å². The van der Waals surface area contributed by atoms with E-state index < -0.39 is 29.3 Å². The van der Waals surface area contributed by atoms with Crippen molar-refractivity contribution in [1.29, 1.82) is 0 Å². The van der Waals surface area contributed by atoms with Crippen molar-refractivity contribution in [2.45, 2.75) is 26.2 Å². The van der Waals surface area contributed by atoms with Crippen LogP contribution < -0.4 is 0 Å². The molecule has 1 aromatic carbocycles. The van der Waals surface area contributed by atoms with Crippen LogP contribution in [-0.4, -0.2) is 29.8 Å². The van der Waals surface area contributed by atoms with Crippen LogP contribution in [0.4, 0.5) is 8.78 Å². The molecule has 8 heteroatoms. The van der Waals surface area contributed by atoms with Crippen molar-refractivity contribution in [2.24, 2.45) is 0 Å². The molecule has 1 heterocycles. The van der Waals surface area contributed by atoms with Crippen LogP contribution in [0.1, 0.15) is 19.4 Å². The van der Waals surface area contributed by atoms with E-state index in [1.807, 2.05) is 0 Å². The van der Waals surface area contributed by atoms with Gasteiger partial charge in [0.25, 0.3) is 5.91 Å². The topological polar surface area (TPSA) is 65.1 Å². The molecule has 1 saturated heterocycles. The molecular weight excluding hydrogens is 312 g/mol. The summed E-state index contributed by atoms with van der Waals surface area (Å²) in [4.78, 5) is 28.5. The zero-order valence-corrected chi connectivity index (χ0v) is 12.8. The van der Waals surface area contributed by atoms with Crippen molar-refractivity contribution in [3.63, 3.8) is 0 Å². The average Bonchev–Trinajstić information content (AvgIpc) is 2.70. The summed E-state index contributed by atoms with van der Waals surface area (Å²) in [5, 5.41) is 0.797. The SMILES string of the molecule is CON(Cc1ccc(F)cc1F)C(=O)C=C1OC(C)(C)OC1=O. The third-order valence-electron chi connectivity index (χ3n) is 2.95. The van der Waals surface area contributed by atoms with E-state index in [4.69, 9.17) is 14.3 Å². The summed E-state index contributed by atoms with van der Waals surface area (Å²) < 4.78 is 36.6. The zero-order valence-electron chi connectivity index (χ0n) is 12.8. The predicted molar refractivity (Wildman–Crippen MR) is 73.3 cm³/mol. The number of amides is 1. The zero-order chi connectivity index (χ0) is 17.2. The third kappa shape index (κ3) is 4.04. The first-order valence-electron chi connectivity index (χ1n) is 6.65. The number of carbonyl (C=O) groups excluding carboxylic acids is 2. The summed E-state index contributed by atoms with van der Waals surface area (Å²) in [5.41, 5.74) is 0.0512. The maximum atomic E-state index is 13.6. The molecular formula is C15H15F2NO5. The number of benzene rings is 1. The van der Waals surface area contributed by atoms with E-state index in [9.17, 15) is 18.4 Å². The van der Waals surface area contributed by atoms with Crippen LogP contribution in [0, 0.1) is 11.6 Å². The number of nitrogens with zero attached hydrogens (tertiary/aromatic N) is 1. The molecule has 0 spiro atoms. The predicted octanol–water partition coefficient (Wildman–Crippen LogP) is 2.05. The molecule has 1 aromatic rings. The lowest BCUT2D eigenvalue weighted by molar-refractivity contribution is -0.173. The monoisotopic (exact) mass is 327 g/mol. The fourth-order valence-corrected chi connectivity index (χ4v) is 1.91. The normalized spacial score (nSPS) is 17.8. The standard InChI is InChI=1S/C15H15F2NO5/c1-15(2)22-12(14(20)23-15)7-13(19)18(21-3)8-9-4-5-10(16)6-11(9)17/h4-7H,8H2,1-3H3. The Morgan fingerprint density at radius 1 is 1.35 bits per heavy atom. The number of hydrogen-bond acceptors (Lipinski definition) is 5. The summed E-state index contributed by atoms with van der Waals surface area (Å²) in [5.74, 6) is -4.52. The van der Waals surface area contributed by atoms with E-state index in [2.05, 4.69) is 0 Å². The van der Waals surface area contributed by atoms with E-state index >= 15 is 0 Å². The van der Waals surface area contributed by atoms with Gasteiger partial charge in [-0.1, -0.05) is 6.07 Å². The molecule has 0 unspecified atom stereocenters. The molecule has 1 aliphatic rings. The van der Waals surface area contributed by atoms with Gasteiger partial charge >= 0.3 is 5.97 Å². The third-order valence-corrected chi connectivity index (χ3v) is 2.95. The van der Waals surface area contributed by atoms with Crippen LogP contribution in [0.25, 0.3) is 0 Å². The second-order valence-corrected chi connectivity index (χ2v) is 5.19. The van der Waals surface area contributed by atoms with Crippen LogP contribution in [0.15, 0.2) is 30.0 Å². The summed E-state index contributed by atoms with van der Waals surface area (Å²) in [7, 11) is 1.20. The molecule has 0 N–H and O–H groups in total. The maximum absolute atomic E-state index is 13.6. The van der Waals surface area contributed by atoms with Crippen molar-refractivity contribution in [2.75, 3.05) is 7.11 Å². The highest BCUT2D eigenvalue weighted by atomic mass is 19.1. The Morgan fingerprint density at radius 2 is 2.04 bits per heavy atom. The Balaban J connectivity index is 2.14. The lowest BCUT2D eigenvalue weighted by Gasteiger charge is -2.18. The van der Waals surface area contributed by atoms with E-state index in [-0.39, 0.29) is 17.9 Å². The Bertz CT molecular complexity index is 672. The number of hydrogen-bond donors (Lipinski definition) is 0. The van der Waals surface area contributed by atoms with Gasteiger partial charge in [-0.3, -0.25) is 9.63 Å². The van der Waals surface area contributed by atoms with Gasteiger partial charge in [0.1, 0.15) is 11.6 Å². The number of halogens is 2. The number of esters is 1. The molecule has 2 rings (SSSR count). The molecule has 0 aliphatic carbocycles. The average molecular weight is 327 g/mol. The Hall–Kier alpha value is -2.48. The first kappa shape index (κ1) is 16.9. The van der Waals surface area contributed by atoms with E-state index in [1.165, 1.54) is 27.0 Å². The number of hydroxylamine groups is 2. The van der Waals surface area contributed by atoms with E-state index in [0.717, 1.165) is 17.2 Å². The molecule has 1 amide bonds. The van der Waals surface area contributed by atoms with E-state index in [1.54, 1.807) is 0 Å². The van der Waals surface area contributed by atoms with Crippen LogP contribution in [0.3, 0.4) is 0 Å². The van der Waals surface area contributed by atoms with Gasteiger partial charge in [-0.15, -0.1) is 0 Å². The second-order valence-electron chi connectivity index (χ2n) is 5.19. The molecule has 0 radical (unpaired) electrons. The quantitative estimate of drug-likeness (QED) is 0.481. The van der Waals surface area contributed by atoms with Gasteiger partial charge in [-0.05, 0) is 6.07 Å². The first-order chi connectivity index (χ1) is 10.7. The molecule has 0 saturated carbocycles. The molecule has 6 nitrogen and oxygen atoms in total. The Morgan fingerprint density at radius 3 is 2.57 bits per heavy atom. The molecule has 0 aromatic heterocycles. The van der Waals surface area contributed by atoms with Crippen LogP contribution in [0.2, 0.25) is 0 Å². The fourth-order valence-electron chi connectivity index (χ4n) is 1.91. The van der Waals surface area contributed by atoms with Gasteiger partial charge in [0, 0.05) is 25.5 Å². The second kappa shape index (κ2) is 6.33. The molecule has 1 fully saturated rings.